The molecule has 1 N–H and O–H groups in total. The number of quaternary nitrogens is 1. The Balaban J connectivity index is 2.99. The van der Waals surface area contributed by atoms with Crippen LogP contribution in [0.1, 0.15) is 5.56 Å². The van der Waals surface area contributed by atoms with Crippen LogP contribution in [-0.4, -0.2) is 46.3 Å². The van der Waals surface area contributed by atoms with E-state index in [1.807, 2.05) is 26.2 Å². The Bertz CT molecular complexity index is 417. The highest BCUT2D eigenvalue weighted by atomic mass is 16.6. The maximum atomic E-state index is 11.6. The highest BCUT2D eigenvalue weighted by molar-refractivity contribution is 5.70. The smallest absolute Gasteiger partial charge is 0.414 e. The first-order chi connectivity index (χ1) is 8.43. The average Bonchev–Trinajstić information content (AvgIpc) is 2.30. The predicted molar refractivity (Wildman–Crippen MR) is 69.2 cm³/mol. The minimum absolute atomic E-state index is 0.391. The Hall–Kier alpha value is -1.75. The van der Waals surface area contributed by atoms with Gasteiger partial charge in [0.15, 0.2) is 0 Å². The fraction of sp³-hybridized carbons (Fsp3) is 0.462. The molecule has 1 rings (SSSR count). The number of carbonyl (C=O) groups is 1. The molecular formula is C13H21N2O3+. The summed E-state index contributed by atoms with van der Waals surface area (Å²) in [5, 5.41) is 0. The van der Waals surface area contributed by atoms with Gasteiger partial charge in [-0.3, -0.25) is 0 Å². The molecule has 5 nitrogen and oxygen atoms in total. The molecule has 0 bridgehead atoms. The highest BCUT2D eigenvalue weighted by Crippen LogP contribution is 2.24. The third kappa shape index (κ3) is 3.92. The zero-order chi connectivity index (χ0) is 13.7. The van der Waals surface area contributed by atoms with Crippen LogP contribution in [0.3, 0.4) is 0 Å². The molecular weight excluding hydrogens is 232 g/mol. The van der Waals surface area contributed by atoms with Crippen LogP contribution in [0.25, 0.3) is 0 Å². The maximum Gasteiger partial charge on any atom is 0.414 e. The van der Waals surface area contributed by atoms with E-state index in [0.717, 1.165) is 12.1 Å². The van der Waals surface area contributed by atoms with Crippen molar-refractivity contribution in [3.63, 3.8) is 0 Å². The van der Waals surface area contributed by atoms with Crippen molar-refractivity contribution in [2.24, 2.45) is 0 Å². The Morgan fingerprint density at radius 3 is 2.50 bits per heavy atom. The van der Waals surface area contributed by atoms with Crippen LogP contribution in [-0.2, 0) is 6.54 Å². The summed E-state index contributed by atoms with van der Waals surface area (Å²) in [5.74, 6) is 1.23. The fourth-order valence-corrected chi connectivity index (χ4v) is 1.47. The molecule has 1 aromatic rings. The topological polar surface area (TPSA) is 43.2 Å². The standard InChI is InChI=1S/C13H20N2O3/c1-14(2)9-10-6-7-11(17-5)8-12(10)18-13(16)15(3)4/h6-8H,9H2,1-5H3/p+1. The van der Waals surface area contributed by atoms with Gasteiger partial charge in [-0.15, -0.1) is 0 Å². The molecule has 0 aliphatic rings. The lowest BCUT2D eigenvalue weighted by atomic mass is 10.2. The van der Waals surface area contributed by atoms with E-state index in [4.69, 9.17) is 9.47 Å². The second-order valence-electron chi connectivity index (χ2n) is 4.62. The molecule has 1 aromatic carbocycles. The van der Waals surface area contributed by atoms with Gasteiger partial charge in [-0.1, -0.05) is 0 Å². The second kappa shape index (κ2) is 6.26. The average molecular weight is 253 g/mol. The van der Waals surface area contributed by atoms with Gasteiger partial charge in [0.25, 0.3) is 0 Å². The SMILES string of the molecule is COc1ccc(C[NH+](C)C)c(OC(=O)N(C)C)c1. The Labute approximate surface area is 108 Å². The number of carbonyl (C=O) groups excluding carboxylic acids is 1. The van der Waals surface area contributed by atoms with Crippen LogP contribution in [0, 0.1) is 0 Å². The normalized spacial score (nSPS) is 10.3. The first-order valence-corrected chi connectivity index (χ1v) is 5.79. The van der Waals surface area contributed by atoms with E-state index in [0.29, 0.717) is 11.5 Å². The Kier molecular flexibility index (Phi) is 4.97. The van der Waals surface area contributed by atoms with Gasteiger partial charge >= 0.3 is 6.09 Å². The van der Waals surface area contributed by atoms with E-state index in [2.05, 4.69) is 0 Å². The molecule has 0 aliphatic carbocycles. The lowest BCUT2D eigenvalue weighted by Crippen LogP contribution is -3.04. The number of nitrogens with zero attached hydrogens (tertiary/aromatic N) is 1. The number of amides is 1. The van der Waals surface area contributed by atoms with Gasteiger partial charge in [0.1, 0.15) is 18.0 Å². The number of nitrogens with one attached hydrogen (secondary N) is 1. The van der Waals surface area contributed by atoms with Crippen LogP contribution < -0.4 is 14.4 Å². The van der Waals surface area contributed by atoms with E-state index >= 15 is 0 Å². The molecule has 18 heavy (non-hydrogen) atoms. The molecule has 5 heteroatoms. The van der Waals surface area contributed by atoms with Crippen molar-refractivity contribution in [3.8, 4) is 11.5 Å². The molecule has 0 atom stereocenters. The van der Waals surface area contributed by atoms with Gasteiger partial charge in [-0.25, -0.2) is 4.79 Å². The summed E-state index contributed by atoms with van der Waals surface area (Å²) in [6.07, 6.45) is -0.391. The number of ether oxygens (including phenoxy) is 2. The summed E-state index contributed by atoms with van der Waals surface area (Å²) in [6, 6.07) is 5.52. The van der Waals surface area contributed by atoms with Gasteiger partial charge in [0, 0.05) is 25.7 Å². The molecule has 1 amide bonds. The summed E-state index contributed by atoms with van der Waals surface area (Å²) >= 11 is 0. The lowest BCUT2D eigenvalue weighted by molar-refractivity contribution is -0.872. The van der Waals surface area contributed by atoms with Gasteiger partial charge in [0.05, 0.1) is 21.2 Å². The molecule has 0 saturated carbocycles. The van der Waals surface area contributed by atoms with Crippen molar-refractivity contribution in [2.45, 2.75) is 6.54 Å². The van der Waals surface area contributed by atoms with Crippen molar-refractivity contribution in [1.82, 2.24) is 4.90 Å². The molecule has 0 aliphatic heterocycles. The van der Waals surface area contributed by atoms with Gasteiger partial charge in [-0.2, -0.15) is 0 Å². The number of hydrogen-bond donors (Lipinski definition) is 1. The molecule has 0 heterocycles. The number of rotatable bonds is 4. The zero-order valence-corrected chi connectivity index (χ0v) is 11.6. The molecule has 100 valence electrons. The first-order valence-electron chi connectivity index (χ1n) is 5.79. The quantitative estimate of drug-likeness (QED) is 0.844. The molecule has 0 fully saturated rings. The van der Waals surface area contributed by atoms with Crippen molar-refractivity contribution >= 4 is 6.09 Å². The summed E-state index contributed by atoms with van der Waals surface area (Å²) in [7, 11) is 8.98. The third-order valence-corrected chi connectivity index (χ3v) is 2.38. The monoisotopic (exact) mass is 253 g/mol. The van der Waals surface area contributed by atoms with E-state index in [-0.39, 0.29) is 0 Å². The summed E-state index contributed by atoms with van der Waals surface area (Å²) < 4.78 is 10.5. The largest absolute Gasteiger partial charge is 0.497 e. The van der Waals surface area contributed by atoms with Crippen molar-refractivity contribution in [3.05, 3.63) is 23.8 Å². The third-order valence-electron chi connectivity index (χ3n) is 2.38. The molecule has 0 saturated heterocycles. The van der Waals surface area contributed by atoms with Crippen molar-refractivity contribution < 1.29 is 19.2 Å². The van der Waals surface area contributed by atoms with Crippen molar-refractivity contribution in [2.75, 3.05) is 35.3 Å². The van der Waals surface area contributed by atoms with E-state index in [9.17, 15) is 4.79 Å². The van der Waals surface area contributed by atoms with E-state index in [1.165, 1.54) is 9.80 Å². The van der Waals surface area contributed by atoms with Gasteiger partial charge in [0.2, 0.25) is 0 Å². The minimum atomic E-state index is -0.391. The van der Waals surface area contributed by atoms with Crippen LogP contribution in [0.2, 0.25) is 0 Å². The van der Waals surface area contributed by atoms with Crippen LogP contribution in [0.5, 0.6) is 11.5 Å². The lowest BCUT2D eigenvalue weighted by Gasteiger charge is -2.15. The van der Waals surface area contributed by atoms with E-state index in [1.54, 1.807) is 27.3 Å². The highest BCUT2D eigenvalue weighted by Gasteiger charge is 2.14. The number of methoxy groups -OCH3 is 1. The summed E-state index contributed by atoms with van der Waals surface area (Å²) in [4.78, 5) is 14.3. The minimum Gasteiger partial charge on any atom is -0.497 e. The summed E-state index contributed by atoms with van der Waals surface area (Å²) in [5.41, 5.74) is 0.978. The molecule has 0 unspecified atom stereocenters. The fourth-order valence-electron chi connectivity index (χ4n) is 1.47. The number of hydrogen-bond acceptors (Lipinski definition) is 3. The summed E-state index contributed by atoms with van der Waals surface area (Å²) in [6.45, 7) is 0.778. The molecule has 0 spiro atoms. The molecule has 0 radical (unpaired) electrons. The second-order valence-corrected chi connectivity index (χ2v) is 4.62. The van der Waals surface area contributed by atoms with Crippen molar-refractivity contribution in [1.29, 1.82) is 0 Å². The maximum absolute atomic E-state index is 11.6. The van der Waals surface area contributed by atoms with E-state index < -0.39 is 6.09 Å². The van der Waals surface area contributed by atoms with Crippen LogP contribution in [0.15, 0.2) is 18.2 Å². The number of benzene rings is 1. The van der Waals surface area contributed by atoms with Gasteiger partial charge < -0.3 is 19.3 Å². The Morgan fingerprint density at radius 2 is 2.00 bits per heavy atom. The predicted octanol–water partition coefficient (Wildman–Crippen LogP) is 0.400. The molecule has 0 aromatic heterocycles. The van der Waals surface area contributed by atoms with Crippen LogP contribution in [0.4, 0.5) is 4.79 Å². The van der Waals surface area contributed by atoms with Crippen LogP contribution >= 0.6 is 0 Å². The zero-order valence-electron chi connectivity index (χ0n) is 11.6. The Morgan fingerprint density at radius 1 is 1.33 bits per heavy atom. The first kappa shape index (κ1) is 14.3. The van der Waals surface area contributed by atoms with Gasteiger partial charge in [-0.05, 0) is 12.1 Å².